The van der Waals surface area contributed by atoms with Crippen LogP contribution in [0, 0.1) is 0 Å². The Bertz CT molecular complexity index is 617. The second-order valence-corrected chi connectivity index (χ2v) is 5.29. The Morgan fingerprint density at radius 3 is 2.50 bits per heavy atom. The van der Waals surface area contributed by atoms with Crippen molar-refractivity contribution in [1.29, 1.82) is 0 Å². The summed E-state index contributed by atoms with van der Waals surface area (Å²) in [6.07, 6.45) is 0. The van der Waals surface area contributed by atoms with Crippen LogP contribution in [0.1, 0.15) is 13.8 Å². The van der Waals surface area contributed by atoms with Crippen molar-refractivity contribution >= 4 is 22.4 Å². The Balaban J connectivity index is 2.42. The summed E-state index contributed by atoms with van der Waals surface area (Å²) in [6, 6.07) is 14.3. The van der Waals surface area contributed by atoms with E-state index in [0.29, 0.717) is 6.54 Å². The highest BCUT2D eigenvalue weighted by Crippen LogP contribution is 2.27. The fourth-order valence-electron chi connectivity index (χ4n) is 2.33. The van der Waals surface area contributed by atoms with Crippen molar-refractivity contribution in [3.63, 3.8) is 0 Å². The highest BCUT2D eigenvalue weighted by molar-refractivity contribution is 5.94. The molecule has 1 atom stereocenters. The predicted molar refractivity (Wildman–Crippen MR) is 83.6 cm³/mol. The topological polar surface area (TPSA) is 72.3 Å². The fourth-order valence-corrected chi connectivity index (χ4v) is 2.33. The number of primary amides is 1. The maximum Gasteiger partial charge on any atom is 0.239 e. The molecular formula is C16H21N3O. The minimum absolute atomic E-state index is 0.396. The van der Waals surface area contributed by atoms with Gasteiger partial charge in [-0.2, -0.15) is 0 Å². The van der Waals surface area contributed by atoms with Gasteiger partial charge in [-0.05, 0) is 25.3 Å². The van der Waals surface area contributed by atoms with E-state index in [2.05, 4.69) is 23.1 Å². The third-order valence-corrected chi connectivity index (χ3v) is 3.57. The Morgan fingerprint density at radius 2 is 1.85 bits per heavy atom. The molecule has 4 nitrogen and oxygen atoms in total. The highest BCUT2D eigenvalue weighted by Gasteiger charge is 2.28. The summed E-state index contributed by atoms with van der Waals surface area (Å²) in [5.41, 5.74) is 11.4. The number of carbonyl (C=O) groups excluding carboxylic acids is 1. The van der Waals surface area contributed by atoms with Crippen molar-refractivity contribution in [2.24, 2.45) is 11.5 Å². The lowest BCUT2D eigenvalue weighted by Gasteiger charge is -2.32. The molecule has 0 spiro atoms. The zero-order chi connectivity index (χ0) is 14.8. The highest BCUT2D eigenvalue weighted by atomic mass is 16.1. The summed E-state index contributed by atoms with van der Waals surface area (Å²) < 4.78 is 0. The Kier molecular flexibility index (Phi) is 3.95. The van der Waals surface area contributed by atoms with Crippen LogP contribution in [-0.2, 0) is 4.79 Å². The van der Waals surface area contributed by atoms with Crippen LogP contribution >= 0.6 is 0 Å². The molecule has 0 aliphatic heterocycles. The van der Waals surface area contributed by atoms with E-state index in [1.54, 1.807) is 6.92 Å². The standard InChI is InChI=1S/C16H21N3O/c1-3-19(11-16(2,18)15(17)20)14-10-6-8-12-7-4-5-9-13(12)14/h4-10H,3,11,18H2,1-2H3,(H2,17,20). The van der Waals surface area contributed by atoms with Gasteiger partial charge in [0, 0.05) is 24.2 Å². The first kappa shape index (κ1) is 14.3. The number of nitrogens with zero attached hydrogens (tertiary/aromatic N) is 1. The van der Waals surface area contributed by atoms with E-state index in [1.165, 1.54) is 5.39 Å². The van der Waals surface area contributed by atoms with Gasteiger partial charge in [-0.15, -0.1) is 0 Å². The average Bonchev–Trinajstić information content (AvgIpc) is 2.44. The Morgan fingerprint density at radius 1 is 1.20 bits per heavy atom. The summed E-state index contributed by atoms with van der Waals surface area (Å²) in [5, 5.41) is 2.32. The van der Waals surface area contributed by atoms with E-state index < -0.39 is 11.4 Å². The van der Waals surface area contributed by atoms with Gasteiger partial charge in [0.1, 0.15) is 5.54 Å². The molecule has 0 saturated heterocycles. The van der Waals surface area contributed by atoms with Crippen molar-refractivity contribution in [2.45, 2.75) is 19.4 Å². The summed E-state index contributed by atoms with van der Waals surface area (Å²) >= 11 is 0. The lowest BCUT2D eigenvalue weighted by Crippen LogP contribution is -2.57. The number of anilines is 1. The predicted octanol–water partition coefficient (Wildman–Crippen LogP) is 1.87. The molecule has 0 aliphatic carbocycles. The third-order valence-electron chi connectivity index (χ3n) is 3.57. The molecule has 1 amide bonds. The molecule has 4 heteroatoms. The van der Waals surface area contributed by atoms with Crippen molar-refractivity contribution in [1.82, 2.24) is 0 Å². The number of amides is 1. The molecule has 0 radical (unpaired) electrons. The van der Waals surface area contributed by atoms with Crippen LogP contribution in [0.3, 0.4) is 0 Å². The Hall–Kier alpha value is -2.07. The molecule has 106 valence electrons. The van der Waals surface area contributed by atoms with E-state index in [9.17, 15) is 4.79 Å². The van der Waals surface area contributed by atoms with Crippen molar-refractivity contribution in [3.8, 4) is 0 Å². The van der Waals surface area contributed by atoms with Gasteiger partial charge >= 0.3 is 0 Å². The molecule has 0 aliphatic rings. The van der Waals surface area contributed by atoms with Gasteiger partial charge in [0.15, 0.2) is 0 Å². The second-order valence-electron chi connectivity index (χ2n) is 5.29. The molecule has 0 bridgehead atoms. The minimum Gasteiger partial charge on any atom is -0.369 e. The molecule has 0 saturated carbocycles. The third kappa shape index (κ3) is 2.75. The van der Waals surface area contributed by atoms with E-state index >= 15 is 0 Å². The molecule has 0 fully saturated rings. The van der Waals surface area contributed by atoms with Crippen LogP contribution < -0.4 is 16.4 Å². The molecule has 4 N–H and O–H groups in total. The lowest BCUT2D eigenvalue weighted by molar-refractivity contribution is -0.122. The SMILES string of the molecule is CCN(CC(C)(N)C(N)=O)c1cccc2ccccc12. The normalized spacial score (nSPS) is 13.9. The zero-order valence-electron chi connectivity index (χ0n) is 12.0. The number of likely N-dealkylation sites (N-methyl/N-ethyl adjacent to an activating group) is 1. The molecule has 2 aromatic carbocycles. The van der Waals surface area contributed by atoms with E-state index in [1.807, 2.05) is 31.2 Å². The quantitative estimate of drug-likeness (QED) is 0.872. The summed E-state index contributed by atoms with van der Waals surface area (Å²) in [5.74, 6) is -0.490. The van der Waals surface area contributed by atoms with Crippen LogP contribution in [0.4, 0.5) is 5.69 Å². The molecular weight excluding hydrogens is 250 g/mol. The van der Waals surface area contributed by atoms with Crippen molar-refractivity contribution in [3.05, 3.63) is 42.5 Å². The fraction of sp³-hybridized carbons (Fsp3) is 0.312. The van der Waals surface area contributed by atoms with E-state index in [-0.39, 0.29) is 0 Å². The average molecular weight is 271 g/mol. The van der Waals surface area contributed by atoms with Gasteiger partial charge in [0.05, 0.1) is 0 Å². The number of hydrogen-bond acceptors (Lipinski definition) is 3. The molecule has 0 heterocycles. The van der Waals surface area contributed by atoms with Gasteiger partial charge in [0.2, 0.25) is 5.91 Å². The molecule has 20 heavy (non-hydrogen) atoms. The monoisotopic (exact) mass is 271 g/mol. The zero-order valence-corrected chi connectivity index (χ0v) is 12.0. The largest absolute Gasteiger partial charge is 0.369 e. The molecule has 2 aromatic rings. The maximum absolute atomic E-state index is 11.4. The van der Waals surface area contributed by atoms with Gasteiger partial charge in [-0.25, -0.2) is 0 Å². The summed E-state index contributed by atoms with van der Waals surface area (Å²) in [6.45, 7) is 4.86. The number of fused-ring (bicyclic) bond motifs is 1. The van der Waals surface area contributed by atoms with E-state index in [0.717, 1.165) is 17.6 Å². The van der Waals surface area contributed by atoms with Gasteiger partial charge in [-0.1, -0.05) is 36.4 Å². The van der Waals surface area contributed by atoms with Gasteiger partial charge in [-0.3, -0.25) is 4.79 Å². The smallest absolute Gasteiger partial charge is 0.239 e. The second kappa shape index (κ2) is 5.51. The summed E-state index contributed by atoms with van der Waals surface area (Å²) in [4.78, 5) is 13.5. The van der Waals surface area contributed by atoms with E-state index in [4.69, 9.17) is 11.5 Å². The maximum atomic E-state index is 11.4. The number of hydrogen-bond donors (Lipinski definition) is 2. The first-order chi connectivity index (χ1) is 9.45. The number of nitrogens with two attached hydrogens (primary N) is 2. The lowest BCUT2D eigenvalue weighted by atomic mass is 10.0. The van der Waals surface area contributed by atoms with Crippen molar-refractivity contribution in [2.75, 3.05) is 18.0 Å². The van der Waals surface area contributed by atoms with Gasteiger partial charge in [0.25, 0.3) is 0 Å². The van der Waals surface area contributed by atoms with Crippen LogP contribution in [0.15, 0.2) is 42.5 Å². The van der Waals surface area contributed by atoms with Crippen LogP contribution in [0.25, 0.3) is 10.8 Å². The van der Waals surface area contributed by atoms with Crippen molar-refractivity contribution < 1.29 is 4.79 Å². The number of carbonyl (C=O) groups is 1. The minimum atomic E-state index is -1.05. The van der Waals surface area contributed by atoms with Crippen LogP contribution in [0.5, 0.6) is 0 Å². The molecule has 2 rings (SSSR count). The molecule has 0 aromatic heterocycles. The van der Waals surface area contributed by atoms with Crippen LogP contribution in [0.2, 0.25) is 0 Å². The van der Waals surface area contributed by atoms with Crippen LogP contribution in [-0.4, -0.2) is 24.5 Å². The number of benzene rings is 2. The van der Waals surface area contributed by atoms with Gasteiger partial charge < -0.3 is 16.4 Å². The number of rotatable bonds is 5. The summed E-state index contributed by atoms with van der Waals surface area (Å²) in [7, 11) is 0. The Labute approximate surface area is 119 Å². The first-order valence-corrected chi connectivity index (χ1v) is 6.77. The first-order valence-electron chi connectivity index (χ1n) is 6.77. The molecule has 1 unspecified atom stereocenters.